The number of hydrogen-bond acceptors (Lipinski definition) is 3. The Morgan fingerprint density at radius 3 is 2.18 bits per heavy atom. The Balaban J connectivity index is 2.80. The number of nitrogens with zero attached hydrogens (tertiary/aromatic N) is 2. The van der Waals surface area contributed by atoms with Gasteiger partial charge in [-0.2, -0.15) is 0 Å². The molecule has 98 valence electrons. The van der Waals surface area contributed by atoms with Crippen molar-refractivity contribution in [1.82, 2.24) is 9.80 Å². The van der Waals surface area contributed by atoms with E-state index in [2.05, 4.69) is 18.7 Å². The number of carbonyl (C=O) groups excluding carboxylic acids is 2. The van der Waals surface area contributed by atoms with Gasteiger partial charge in [0, 0.05) is 31.6 Å². The molecule has 0 bridgehead atoms. The van der Waals surface area contributed by atoms with E-state index in [0.29, 0.717) is 19.1 Å². The van der Waals surface area contributed by atoms with E-state index in [1.54, 1.807) is 4.90 Å². The summed E-state index contributed by atoms with van der Waals surface area (Å²) in [5.41, 5.74) is 5.40. The molecular formula is C12H23N3O2. The standard InChI is InChI=1S/C12H23N3O2/c1-8(2)12(17)15-6-5-14(9(3)4)7-10(15)11(13)16/h8-10H,5-7H2,1-4H3,(H2,13,16). The highest BCUT2D eigenvalue weighted by Gasteiger charge is 2.35. The van der Waals surface area contributed by atoms with Gasteiger partial charge >= 0.3 is 0 Å². The van der Waals surface area contributed by atoms with Gasteiger partial charge in [-0.25, -0.2) is 0 Å². The van der Waals surface area contributed by atoms with Crippen LogP contribution in [0, 0.1) is 5.92 Å². The molecule has 0 aliphatic carbocycles. The van der Waals surface area contributed by atoms with Crippen LogP contribution in [0.5, 0.6) is 0 Å². The van der Waals surface area contributed by atoms with Gasteiger partial charge in [-0.15, -0.1) is 0 Å². The Hall–Kier alpha value is -1.10. The molecule has 0 aromatic rings. The number of hydrogen-bond donors (Lipinski definition) is 1. The van der Waals surface area contributed by atoms with E-state index >= 15 is 0 Å². The van der Waals surface area contributed by atoms with Crippen molar-refractivity contribution in [2.24, 2.45) is 11.7 Å². The van der Waals surface area contributed by atoms with Gasteiger partial charge in [0.15, 0.2) is 0 Å². The zero-order valence-corrected chi connectivity index (χ0v) is 11.1. The lowest BCUT2D eigenvalue weighted by atomic mass is 10.1. The fraction of sp³-hybridized carbons (Fsp3) is 0.833. The minimum absolute atomic E-state index is 0.0113. The van der Waals surface area contributed by atoms with Crippen LogP contribution in [-0.4, -0.2) is 53.3 Å². The van der Waals surface area contributed by atoms with E-state index in [1.165, 1.54) is 0 Å². The molecule has 1 saturated heterocycles. The van der Waals surface area contributed by atoms with E-state index in [9.17, 15) is 9.59 Å². The largest absolute Gasteiger partial charge is 0.368 e. The van der Waals surface area contributed by atoms with Crippen molar-refractivity contribution in [3.63, 3.8) is 0 Å². The maximum absolute atomic E-state index is 12.0. The van der Waals surface area contributed by atoms with Crippen LogP contribution in [0.2, 0.25) is 0 Å². The normalized spacial score (nSPS) is 22.2. The molecule has 17 heavy (non-hydrogen) atoms. The Morgan fingerprint density at radius 1 is 1.18 bits per heavy atom. The molecular weight excluding hydrogens is 218 g/mol. The van der Waals surface area contributed by atoms with Crippen LogP contribution in [0.25, 0.3) is 0 Å². The Bertz CT molecular complexity index is 302. The van der Waals surface area contributed by atoms with Crippen LogP contribution < -0.4 is 5.73 Å². The van der Waals surface area contributed by atoms with E-state index in [0.717, 1.165) is 6.54 Å². The Labute approximate surface area is 103 Å². The maximum atomic E-state index is 12.0. The van der Waals surface area contributed by atoms with Gasteiger partial charge in [0.05, 0.1) is 0 Å². The van der Waals surface area contributed by atoms with Gasteiger partial charge in [-0.05, 0) is 13.8 Å². The van der Waals surface area contributed by atoms with Crippen molar-refractivity contribution < 1.29 is 9.59 Å². The number of carbonyl (C=O) groups is 2. The van der Waals surface area contributed by atoms with E-state index < -0.39 is 11.9 Å². The molecule has 1 atom stereocenters. The fourth-order valence-corrected chi connectivity index (χ4v) is 2.11. The van der Waals surface area contributed by atoms with Crippen molar-refractivity contribution in [1.29, 1.82) is 0 Å². The number of rotatable bonds is 3. The van der Waals surface area contributed by atoms with Crippen LogP contribution in [0.3, 0.4) is 0 Å². The summed E-state index contributed by atoms with van der Waals surface area (Å²) in [7, 11) is 0. The third-order valence-corrected chi connectivity index (χ3v) is 3.25. The highest BCUT2D eigenvalue weighted by Crippen LogP contribution is 2.15. The van der Waals surface area contributed by atoms with Gasteiger partial charge in [0.2, 0.25) is 11.8 Å². The zero-order chi connectivity index (χ0) is 13.2. The first-order valence-electron chi connectivity index (χ1n) is 6.18. The average Bonchev–Trinajstić information content (AvgIpc) is 2.26. The molecule has 0 saturated carbocycles. The lowest BCUT2D eigenvalue weighted by molar-refractivity contribution is -0.145. The molecule has 1 fully saturated rings. The van der Waals surface area contributed by atoms with Crippen molar-refractivity contribution in [2.45, 2.75) is 39.8 Å². The minimum atomic E-state index is -0.485. The Kier molecular flexibility index (Phi) is 4.51. The quantitative estimate of drug-likeness (QED) is 0.759. The molecule has 5 heteroatoms. The summed E-state index contributed by atoms with van der Waals surface area (Å²) in [6.07, 6.45) is 0. The first kappa shape index (κ1) is 14.0. The van der Waals surface area contributed by atoms with Crippen molar-refractivity contribution in [2.75, 3.05) is 19.6 Å². The molecule has 2 N–H and O–H groups in total. The Morgan fingerprint density at radius 2 is 1.76 bits per heavy atom. The number of piperazine rings is 1. The first-order valence-corrected chi connectivity index (χ1v) is 6.18. The smallest absolute Gasteiger partial charge is 0.241 e. The molecule has 1 rings (SSSR count). The predicted molar refractivity (Wildman–Crippen MR) is 66.2 cm³/mol. The van der Waals surface area contributed by atoms with Gasteiger partial charge < -0.3 is 10.6 Å². The maximum Gasteiger partial charge on any atom is 0.241 e. The molecule has 5 nitrogen and oxygen atoms in total. The molecule has 1 heterocycles. The highest BCUT2D eigenvalue weighted by molar-refractivity contribution is 5.87. The summed E-state index contributed by atoms with van der Waals surface area (Å²) in [6.45, 7) is 9.79. The number of nitrogens with two attached hydrogens (primary N) is 1. The van der Waals surface area contributed by atoms with E-state index in [4.69, 9.17) is 5.73 Å². The monoisotopic (exact) mass is 241 g/mol. The summed E-state index contributed by atoms with van der Waals surface area (Å²) < 4.78 is 0. The second-order valence-electron chi connectivity index (χ2n) is 5.19. The molecule has 0 spiro atoms. The van der Waals surface area contributed by atoms with Crippen molar-refractivity contribution >= 4 is 11.8 Å². The molecule has 2 amide bonds. The van der Waals surface area contributed by atoms with E-state index in [1.807, 2.05) is 13.8 Å². The molecule has 0 aromatic carbocycles. The van der Waals surface area contributed by atoms with Gasteiger partial charge in [-0.1, -0.05) is 13.8 Å². The summed E-state index contributed by atoms with van der Waals surface area (Å²) in [5.74, 6) is -0.496. The lowest BCUT2D eigenvalue weighted by Crippen LogP contribution is -2.61. The molecule has 0 radical (unpaired) electrons. The van der Waals surface area contributed by atoms with E-state index in [-0.39, 0.29) is 11.8 Å². The predicted octanol–water partition coefficient (Wildman–Crippen LogP) is 0.0489. The second kappa shape index (κ2) is 5.49. The summed E-state index contributed by atoms with van der Waals surface area (Å²) in [6, 6.07) is -0.116. The number of amides is 2. The first-order chi connectivity index (χ1) is 7.84. The molecule has 1 aliphatic heterocycles. The van der Waals surface area contributed by atoms with Crippen molar-refractivity contribution in [3.8, 4) is 0 Å². The second-order valence-corrected chi connectivity index (χ2v) is 5.19. The van der Waals surface area contributed by atoms with Gasteiger partial charge in [-0.3, -0.25) is 14.5 Å². The van der Waals surface area contributed by atoms with Crippen molar-refractivity contribution in [3.05, 3.63) is 0 Å². The minimum Gasteiger partial charge on any atom is -0.368 e. The summed E-state index contributed by atoms with van der Waals surface area (Å²) in [4.78, 5) is 27.3. The fourth-order valence-electron chi connectivity index (χ4n) is 2.11. The number of primary amides is 1. The summed E-state index contributed by atoms with van der Waals surface area (Å²) in [5, 5.41) is 0. The van der Waals surface area contributed by atoms with Crippen LogP contribution in [0.4, 0.5) is 0 Å². The van der Waals surface area contributed by atoms with Gasteiger partial charge in [0.25, 0.3) is 0 Å². The van der Waals surface area contributed by atoms with Crippen LogP contribution in [0.15, 0.2) is 0 Å². The third-order valence-electron chi connectivity index (χ3n) is 3.25. The molecule has 1 aliphatic rings. The van der Waals surface area contributed by atoms with Crippen LogP contribution in [0.1, 0.15) is 27.7 Å². The van der Waals surface area contributed by atoms with Gasteiger partial charge in [0.1, 0.15) is 6.04 Å². The highest BCUT2D eigenvalue weighted by atomic mass is 16.2. The topological polar surface area (TPSA) is 66.6 Å². The summed E-state index contributed by atoms with van der Waals surface area (Å²) >= 11 is 0. The molecule has 1 unspecified atom stereocenters. The third kappa shape index (κ3) is 3.19. The zero-order valence-electron chi connectivity index (χ0n) is 11.1. The SMILES string of the molecule is CC(C)C(=O)N1CCN(C(C)C)CC1C(N)=O. The van der Waals surface area contributed by atoms with Crippen LogP contribution >= 0.6 is 0 Å². The molecule has 0 aromatic heterocycles. The average molecular weight is 241 g/mol. The lowest BCUT2D eigenvalue weighted by Gasteiger charge is -2.42. The van der Waals surface area contributed by atoms with Crippen LogP contribution in [-0.2, 0) is 9.59 Å².